The zero-order chi connectivity index (χ0) is 16.1. The fraction of sp³-hybridized carbons (Fsp3) is 0.118. The number of para-hydroxylation sites is 1. The van der Waals surface area contributed by atoms with E-state index in [-0.39, 0.29) is 5.91 Å². The molecule has 5 nitrogen and oxygen atoms in total. The quantitative estimate of drug-likeness (QED) is 0.777. The molecule has 1 aromatic heterocycles. The van der Waals surface area contributed by atoms with Crippen LogP contribution in [0, 0.1) is 6.92 Å². The minimum absolute atomic E-state index is 0.151. The van der Waals surface area contributed by atoms with E-state index in [0.29, 0.717) is 17.9 Å². The maximum absolute atomic E-state index is 12.1. The Morgan fingerprint density at radius 3 is 2.48 bits per heavy atom. The smallest absolute Gasteiger partial charge is 0.255 e. The van der Waals surface area contributed by atoms with Crippen molar-refractivity contribution in [1.29, 1.82) is 0 Å². The zero-order valence-electron chi connectivity index (χ0n) is 12.5. The fourth-order valence-electron chi connectivity index (χ4n) is 1.96. The average Bonchev–Trinajstić information content (AvgIpc) is 2.99. The molecule has 0 aliphatic heterocycles. The third kappa shape index (κ3) is 3.92. The molecule has 0 atom stereocenters. The molecule has 23 heavy (non-hydrogen) atoms. The number of hydrogen-bond donors (Lipinski definition) is 1. The van der Waals surface area contributed by atoms with Gasteiger partial charge < -0.3 is 10.1 Å². The van der Waals surface area contributed by atoms with Gasteiger partial charge in [-0.25, -0.2) is 0 Å². The Bertz CT molecular complexity index is 785. The van der Waals surface area contributed by atoms with Crippen LogP contribution in [0.25, 0.3) is 0 Å². The van der Waals surface area contributed by atoms with Gasteiger partial charge in [-0.3, -0.25) is 4.79 Å². The number of nitrogens with zero attached hydrogens (tertiary/aromatic N) is 2. The monoisotopic (exact) mass is 325 g/mol. The van der Waals surface area contributed by atoms with Crippen LogP contribution < -0.4 is 10.1 Å². The van der Waals surface area contributed by atoms with Gasteiger partial charge in [0.25, 0.3) is 5.91 Å². The van der Waals surface area contributed by atoms with Crippen LogP contribution in [0.1, 0.15) is 21.7 Å². The van der Waals surface area contributed by atoms with Crippen molar-refractivity contribution < 1.29 is 9.53 Å². The highest BCUT2D eigenvalue weighted by Gasteiger charge is 2.07. The van der Waals surface area contributed by atoms with Gasteiger partial charge in [-0.1, -0.05) is 18.2 Å². The zero-order valence-corrected chi connectivity index (χ0v) is 13.3. The lowest BCUT2D eigenvalue weighted by atomic mass is 10.2. The third-order valence-corrected chi connectivity index (χ3v) is 3.93. The van der Waals surface area contributed by atoms with E-state index in [1.807, 2.05) is 37.3 Å². The molecule has 0 unspecified atom stereocenters. The van der Waals surface area contributed by atoms with Crippen molar-refractivity contribution in [2.75, 3.05) is 5.32 Å². The third-order valence-electron chi connectivity index (χ3n) is 3.27. The van der Waals surface area contributed by atoms with Crippen LogP contribution in [0.2, 0.25) is 0 Å². The van der Waals surface area contributed by atoms with Crippen LogP contribution in [0.3, 0.4) is 0 Å². The summed E-state index contributed by atoms with van der Waals surface area (Å²) in [5.74, 6) is 0.538. The molecular formula is C17H15N3O2S. The number of nitrogens with one attached hydrogen (secondary N) is 1. The Morgan fingerprint density at radius 1 is 1.09 bits per heavy atom. The van der Waals surface area contributed by atoms with Gasteiger partial charge in [0.2, 0.25) is 0 Å². The molecule has 3 rings (SSSR count). The molecular weight excluding hydrogens is 310 g/mol. The molecule has 0 bridgehead atoms. The molecule has 1 N–H and O–H groups in total. The van der Waals surface area contributed by atoms with E-state index in [4.69, 9.17) is 4.74 Å². The Hall–Kier alpha value is -2.73. The van der Waals surface area contributed by atoms with E-state index in [2.05, 4.69) is 14.1 Å². The maximum atomic E-state index is 12.1. The molecule has 1 heterocycles. The maximum Gasteiger partial charge on any atom is 0.255 e. The van der Waals surface area contributed by atoms with Crippen molar-refractivity contribution in [3.05, 3.63) is 71.5 Å². The van der Waals surface area contributed by atoms with Crippen molar-refractivity contribution >= 4 is 23.3 Å². The number of anilines is 1. The predicted octanol–water partition coefficient (Wildman–Crippen LogP) is 3.68. The van der Waals surface area contributed by atoms with E-state index < -0.39 is 0 Å². The second kappa shape index (κ2) is 7.02. The topological polar surface area (TPSA) is 64.1 Å². The number of aromatic nitrogens is 2. The highest BCUT2D eigenvalue weighted by atomic mass is 32.1. The Kier molecular flexibility index (Phi) is 4.63. The summed E-state index contributed by atoms with van der Waals surface area (Å²) in [7, 11) is 0. The Morgan fingerprint density at radius 2 is 1.83 bits per heavy atom. The standard InChI is InChI=1S/C17H15N3O2S/c1-12-16(20-23-19-12)11-22-15-9-7-13(8-10-15)17(21)18-14-5-3-2-4-6-14/h2-10H,11H2,1H3,(H,18,21). The SMILES string of the molecule is Cc1nsnc1COc1ccc(C(=O)Nc2ccccc2)cc1. The van der Waals surface area contributed by atoms with E-state index in [9.17, 15) is 4.79 Å². The molecule has 0 saturated heterocycles. The first-order valence-electron chi connectivity index (χ1n) is 7.09. The van der Waals surface area contributed by atoms with E-state index in [0.717, 1.165) is 17.1 Å². The molecule has 1 amide bonds. The molecule has 0 saturated carbocycles. The predicted molar refractivity (Wildman–Crippen MR) is 89.8 cm³/mol. The summed E-state index contributed by atoms with van der Waals surface area (Å²) in [6.07, 6.45) is 0. The first-order valence-corrected chi connectivity index (χ1v) is 7.83. The lowest BCUT2D eigenvalue weighted by Crippen LogP contribution is -2.11. The van der Waals surface area contributed by atoms with Gasteiger partial charge >= 0.3 is 0 Å². The lowest BCUT2D eigenvalue weighted by Gasteiger charge is -2.07. The molecule has 0 aliphatic rings. The number of benzene rings is 2. The van der Waals surface area contributed by atoms with Crippen molar-refractivity contribution in [1.82, 2.24) is 8.75 Å². The van der Waals surface area contributed by atoms with Gasteiger partial charge in [-0.15, -0.1) is 0 Å². The largest absolute Gasteiger partial charge is 0.487 e. The molecule has 0 spiro atoms. The Labute approximate surface area is 138 Å². The number of aryl methyl sites for hydroxylation is 1. The highest BCUT2D eigenvalue weighted by Crippen LogP contribution is 2.16. The number of hydrogen-bond acceptors (Lipinski definition) is 5. The average molecular weight is 325 g/mol. The van der Waals surface area contributed by atoms with Crippen LogP contribution in [0.4, 0.5) is 5.69 Å². The van der Waals surface area contributed by atoms with Crippen LogP contribution in [-0.4, -0.2) is 14.7 Å². The summed E-state index contributed by atoms with van der Waals surface area (Å²) in [5.41, 5.74) is 3.06. The molecule has 3 aromatic rings. The van der Waals surface area contributed by atoms with Gasteiger partial charge in [0.05, 0.1) is 17.4 Å². The van der Waals surface area contributed by atoms with Crippen molar-refractivity contribution in [3.63, 3.8) is 0 Å². The first-order chi connectivity index (χ1) is 11.2. The van der Waals surface area contributed by atoms with Gasteiger partial charge in [0, 0.05) is 11.3 Å². The summed E-state index contributed by atoms with van der Waals surface area (Å²) in [5, 5.41) is 2.84. The molecule has 0 fully saturated rings. The van der Waals surface area contributed by atoms with Crippen molar-refractivity contribution in [3.8, 4) is 5.75 Å². The molecule has 6 heteroatoms. The minimum atomic E-state index is -0.151. The molecule has 0 aliphatic carbocycles. The van der Waals surface area contributed by atoms with Gasteiger partial charge in [-0.2, -0.15) is 8.75 Å². The minimum Gasteiger partial charge on any atom is -0.487 e. The van der Waals surface area contributed by atoms with E-state index >= 15 is 0 Å². The van der Waals surface area contributed by atoms with Gasteiger partial charge in [0.15, 0.2) is 0 Å². The molecule has 0 radical (unpaired) electrons. The second-order valence-electron chi connectivity index (χ2n) is 4.93. The van der Waals surface area contributed by atoms with Gasteiger partial charge in [0.1, 0.15) is 18.1 Å². The molecule has 116 valence electrons. The first kappa shape index (κ1) is 15.2. The fourth-order valence-corrected chi connectivity index (χ4v) is 2.51. The summed E-state index contributed by atoms with van der Waals surface area (Å²) >= 11 is 1.18. The highest BCUT2D eigenvalue weighted by molar-refractivity contribution is 6.99. The second-order valence-corrected chi connectivity index (χ2v) is 5.46. The van der Waals surface area contributed by atoms with Crippen molar-refractivity contribution in [2.24, 2.45) is 0 Å². The van der Waals surface area contributed by atoms with Crippen LogP contribution in [-0.2, 0) is 6.61 Å². The Balaban J connectivity index is 1.60. The number of amides is 1. The van der Waals surface area contributed by atoms with Crippen molar-refractivity contribution in [2.45, 2.75) is 13.5 Å². The normalized spacial score (nSPS) is 10.3. The summed E-state index contributed by atoms with van der Waals surface area (Å²) in [6.45, 7) is 2.27. The summed E-state index contributed by atoms with van der Waals surface area (Å²) < 4.78 is 13.9. The number of rotatable bonds is 5. The van der Waals surface area contributed by atoms with Crippen LogP contribution in [0.5, 0.6) is 5.75 Å². The van der Waals surface area contributed by atoms with Crippen LogP contribution >= 0.6 is 11.7 Å². The number of ether oxygens (including phenoxy) is 1. The lowest BCUT2D eigenvalue weighted by molar-refractivity contribution is 0.102. The van der Waals surface area contributed by atoms with Gasteiger partial charge in [-0.05, 0) is 43.3 Å². The summed E-state index contributed by atoms with van der Waals surface area (Å²) in [4.78, 5) is 12.1. The molecule has 2 aromatic carbocycles. The van der Waals surface area contributed by atoms with Crippen LogP contribution in [0.15, 0.2) is 54.6 Å². The summed E-state index contributed by atoms with van der Waals surface area (Å²) in [6, 6.07) is 16.4. The number of carbonyl (C=O) groups excluding carboxylic acids is 1. The number of carbonyl (C=O) groups is 1. The van der Waals surface area contributed by atoms with E-state index in [1.54, 1.807) is 24.3 Å². The van der Waals surface area contributed by atoms with E-state index in [1.165, 1.54) is 11.7 Å².